The van der Waals surface area contributed by atoms with E-state index in [0.29, 0.717) is 39.5 Å². The molecule has 5 heteroatoms. The van der Waals surface area contributed by atoms with Crippen molar-refractivity contribution in [3.8, 4) is 0 Å². The van der Waals surface area contributed by atoms with E-state index in [2.05, 4.69) is 0 Å². The van der Waals surface area contributed by atoms with Gasteiger partial charge in [-0.05, 0) is 12.8 Å². The van der Waals surface area contributed by atoms with Gasteiger partial charge in [0.05, 0.1) is 19.8 Å². The number of rotatable bonds is 19. The summed E-state index contributed by atoms with van der Waals surface area (Å²) in [6.07, 6.45) is 19.3. The van der Waals surface area contributed by atoms with Crippen molar-refractivity contribution in [2.24, 2.45) is 0 Å². The summed E-state index contributed by atoms with van der Waals surface area (Å²) < 4.78 is 16.0. The maximum absolute atomic E-state index is 11.7. The molecule has 1 aliphatic heterocycles. The minimum absolute atomic E-state index is 0.0884. The van der Waals surface area contributed by atoms with E-state index in [1.807, 2.05) is 0 Å². The lowest BCUT2D eigenvalue weighted by Gasteiger charge is -2.22. The highest BCUT2D eigenvalue weighted by Gasteiger charge is 2.16. The van der Waals surface area contributed by atoms with Crippen LogP contribution in [0.3, 0.4) is 0 Å². The summed E-state index contributed by atoms with van der Waals surface area (Å²) in [5, 5.41) is 8.73. The highest BCUT2D eigenvalue weighted by atomic mass is 16.6. The van der Waals surface area contributed by atoms with Crippen molar-refractivity contribution in [1.82, 2.24) is 0 Å². The van der Waals surface area contributed by atoms with E-state index in [4.69, 9.17) is 19.3 Å². The number of carbonyl (C=O) groups is 1. The van der Waals surface area contributed by atoms with Crippen molar-refractivity contribution in [3.63, 3.8) is 0 Å². The summed E-state index contributed by atoms with van der Waals surface area (Å²) in [4.78, 5) is 11.7. The second-order valence-corrected chi connectivity index (χ2v) is 8.03. The van der Waals surface area contributed by atoms with Gasteiger partial charge in [0.1, 0.15) is 12.7 Å². The lowest BCUT2D eigenvalue weighted by molar-refractivity contribution is -0.155. The standard InChI is InChI=1S/C23H44O5/c24-17-15-13-11-9-7-5-3-1-2-4-6-8-10-12-14-16-23(25)28-21-22-20-26-18-19-27-22/h22,24H,1-21H2. The van der Waals surface area contributed by atoms with E-state index in [9.17, 15) is 4.79 Å². The average molecular weight is 401 g/mol. The quantitative estimate of drug-likeness (QED) is 0.239. The fourth-order valence-corrected chi connectivity index (χ4v) is 3.57. The van der Waals surface area contributed by atoms with Gasteiger partial charge >= 0.3 is 5.97 Å². The van der Waals surface area contributed by atoms with E-state index < -0.39 is 0 Å². The van der Waals surface area contributed by atoms with Crippen molar-refractivity contribution in [3.05, 3.63) is 0 Å². The molecular weight excluding hydrogens is 356 g/mol. The second kappa shape index (κ2) is 19.7. The van der Waals surface area contributed by atoms with E-state index in [1.165, 1.54) is 77.0 Å². The summed E-state index contributed by atoms with van der Waals surface area (Å²) in [6, 6.07) is 0. The Bertz CT molecular complexity index is 342. The van der Waals surface area contributed by atoms with Crippen LogP contribution >= 0.6 is 0 Å². The predicted molar refractivity (Wildman–Crippen MR) is 112 cm³/mol. The highest BCUT2D eigenvalue weighted by Crippen LogP contribution is 2.14. The van der Waals surface area contributed by atoms with Gasteiger partial charge in [0, 0.05) is 13.0 Å². The lowest BCUT2D eigenvalue weighted by atomic mass is 10.0. The zero-order valence-corrected chi connectivity index (χ0v) is 18.0. The van der Waals surface area contributed by atoms with Crippen LogP contribution in [-0.4, -0.2) is 50.2 Å². The Balaban J connectivity index is 1.72. The van der Waals surface area contributed by atoms with E-state index in [-0.39, 0.29) is 12.1 Å². The third-order valence-electron chi connectivity index (χ3n) is 5.35. The van der Waals surface area contributed by atoms with Crippen molar-refractivity contribution >= 4 is 5.97 Å². The van der Waals surface area contributed by atoms with Gasteiger partial charge in [0.2, 0.25) is 0 Å². The van der Waals surface area contributed by atoms with E-state index in [1.54, 1.807) is 0 Å². The minimum atomic E-state index is -0.109. The van der Waals surface area contributed by atoms with Gasteiger partial charge in [0.15, 0.2) is 0 Å². The van der Waals surface area contributed by atoms with Crippen molar-refractivity contribution in [2.45, 2.75) is 109 Å². The van der Waals surface area contributed by atoms with Crippen molar-refractivity contribution in [1.29, 1.82) is 0 Å². The Morgan fingerprint density at radius 1 is 0.750 bits per heavy atom. The summed E-state index contributed by atoms with van der Waals surface area (Å²) in [6.45, 7) is 2.42. The molecule has 0 saturated carbocycles. The molecule has 1 atom stereocenters. The van der Waals surface area contributed by atoms with E-state index >= 15 is 0 Å². The van der Waals surface area contributed by atoms with Crippen LogP contribution in [0.4, 0.5) is 0 Å². The molecule has 0 aromatic heterocycles. The molecule has 0 aliphatic carbocycles. The number of esters is 1. The first-order chi connectivity index (χ1) is 13.8. The number of aliphatic hydroxyl groups is 1. The Morgan fingerprint density at radius 2 is 1.25 bits per heavy atom. The number of hydrogen-bond donors (Lipinski definition) is 1. The molecule has 0 radical (unpaired) electrons. The van der Waals surface area contributed by atoms with E-state index in [0.717, 1.165) is 19.3 Å². The first-order valence-electron chi connectivity index (χ1n) is 11.8. The van der Waals surface area contributed by atoms with Crippen LogP contribution in [0.2, 0.25) is 0 Å². The predicted octanol–water partition coefficient (Wildman–Crippen LogP) is 5.18. The van der Waals surface area contributed by atoms with Gasteiger partial charge in [-0.15, -0.1) is 0 Å². The molecular formula is C23H44O5. The molecule has 166 valence electrons. The van der Waals surface area contributed by atoms with Crippen LogP contribution < -0.4 is 0 Å². The van der Waals surface area contributed by atoms with Gasteiger partial charge in [-0.2, -0.15) is 0 Å². The Labute approximate surface area is 172 Å². The monoisotopic (exact) mass is 400 g/mol. The normalized spacial score (nSPS) is 17.0. The highest BCUT2D eigenvalue weighted by molar-refractivity contribution is 5.69. The molecule has 1 fully saturated rings. The molecule has 1 heterocycles. The zero-order chi connectivity index (χ0) is 20.1. The summed E-state index contributed by atoms with van der Waals surface area (Å²) in [5.74, 6) is -0.109. The minimum Gasteiger partial charge on any atom is -0.463 e. The van der Waals surface area contributed by atoms with Crippen LogP contribution in [0.25, 0.3) is 0 Å². The van der Waals surface area contributed by atoms with Gasteiger partial charge < -0.3 is 19.3 Å². The fraction of sp³-hybridized carbons (Fsp3) is 0.957. The summed E-state index contributed by atoms with van der Waals surface area (Å²) in [5.41, 5.74) is 0. The Hall–Kier alpha value is -0.650. The van der Waals surface area contributed by atoms with Crippen LogP contribution in [0.15, 0.2) is 0 Å². The van der Waals surface area contributed by atoms with Gasteiger partial charge in [-0.1, -0.05) is 83.5 Å². The third kappa shape index (κ3) is 16.3. The number of ether oxygens (including phenoxy) is 3. The number of aliphatic hydroxyl groups excluding tert-OH is 1. The Kier molecular flexibility index (Phi) is 17.8. The molecule has 1 rings (SSSR count). The molecule has 0 amide bonds. The first kappa shape index (κ1) is 25.4. The second-order valence-electron chi connectivity index (χ2n) is 8.03. The topological polar surface area (TPSA) is 65.0 Å². The van der Waals surface area contributed by atoms with Gasteiger partial charge in [-0.3, -0.25) is 4.79 Å². The molecule has 28 heavy (non-hydrogen) atoms. The molecule has 5 nitrogen and oxygen atoms in total. The molecule has 1 aliphatic rings. The molecule has 0 aromatic rings. The SMILES string of the molecule is O=C(CCCCCCCCCCCCCCCCCO)OCC1COCCO1. The molecule has 1 unspecified atom stereocenters. The van der Waals surface area contributed by atoms with Crippen LogP contribution in [0.5, 0.6) is 0 Å². The number of hydrogen-bond acceptors (Lipinski definition) is 5. The average Bonchev–Trinajstić information content (AvgIpc) is 2.72. The molecule has 1 N–H and O–H groups in total. The lowest BCUT2D eigenvalue weighted by Crippen LogP contribution is -2.33. The molecule has 0 bridgehead atoms. The Morgan fingerprint density at radius 3 is 1.71 bits per heavy atom. The fourth-order valence-electron chi connectivity index (χ4n) is 3.57. The van der Waals surface area contributed by atoms with Crippen molar-refractivity contribution in [2.75, 3.05) is 33.0 Å². The van der Waals surface area contributed by atoms with Gasteiger partial charge in [-0.25, -0.2) is 0 Å². The maximum Gasteiger partial charge on any atom is 0.305 e. The molecule has 0 spiro atoms. The maximum atomic E-state index is 11.7. The molecule has 0 aromatic carbocycles. The third-order valence-corrected chi connectivity index (χ3v) is 5.35. The molecule has 1 saturated heterocycles. The number of unbranched alkanes of at least 4 members (excludes halogenated alkanes) is 14. The number of carbonyl (C=O) groups excluding carboxylic acids is 1. The first-order valence-corrected chi connectivity index (χ1v) is 11.8. The summed E-state index contributed by atoms with van der Waals surface area (Å²) >= 11 is 0. The largest absolute Gasteiger partial charge is 0.463 e. The van der Waals surface area contributed by atoms with Crippen LogP contribution in [0, 0.1) is 0 Å². The summed E-state index contributed by atoms with van der Waals surface area (Å²) in [7, 11) is 0. The van der Waals surface area contributed by atoms with Crippen LogP contribution in [0.1, 0.15) is 103 Å². The van der Waals surface area contributed by atoms with Crippen LogP contribution in [-0.2, 0) is 19.0 Å². The van der Waals surface area contributed by atoms with Crippen molar-refractivity contribution < 1.29 is 24.1 Å². The smallest absolute Gasteiger partial charge is 0.305 e. The zero-order valence-electron chi connectivity index (χ0n) is 18.0. The van der Waals surface area contributed by atoms with Gasteiger partial charge in [0.25, 0.3) is 0 Å².